The molecule has 0 spiro atoms. The minimum absolute atomic E-state index is 0.0738. The van der Waals surface area contributed by atoms with Crippen molar-refractivity contribution in [3.8, 4) is 10.4 Å². The molecule has 2 amide bonds. The molecule has 0 atom stereocenters. The highest BCUT2D eigenvalue weighted by atomic mass is 79.9. The normalized spacial score (nSPS) is 10.8. The summed E-state index contributed by atoms with van der Waals surface area (Å²) in [6.45, 7) is 0.710. The number of likely N-dealkylation sites (N-methyl/N-ethyl adjacent to an activating group) is 1. The van der Waals surface area contributed by atoms with Crippen molar-refractivity contribution < 1.29 is 9.59 Å². The molecular formula is C22H22BrN3O2S. The fraction of sp³-hybridized carbons (Fsp3) is 0.182. The fourth-order valence-corrected chi connectivity index (χ4v) is 3.94. The average molecular weight is 472 g/mol. The quantitative estimate of drug-likeness (QED) is 0.528. The van der Waals surface area contributed by atoms with E-state index >= 15 is 0 Å². The van der Waals surface area contributed by atoms with Crippen LogP contribution in [-0.4, -0.2) is 37.4 Å². The summed E-state index contributed by atoms with van der Waals surface area (Å²) in [7, 11) is 3.69. The summed E-state index contributed by atoms with van der Waals surface area (Å²) in [6.07, 6.45) is 0. The molecule has 0 fully saturated rings. The summed E-state index contributed by atoms with van der Waals surface area (Å²) in [4.78, 5) is 27.9. The molecule has 2 N–H and O–H groups in total. The molecule has 29 heavy (non-hydrogen) atoms. The number of amides is 2. The van der Waals surface area contributed by atoms with E-state index in [1.807, 2.05) is 79.7 Å². The van der Waals surface area contributed by atoms with E-state index in [2.05, 4.69) is 26.6 Å². The second-order valence-corrected chi connectivity index (χ2v) is 8.84. The molecule has 0 aliphatic rings. The highest BCUT2D eigenvalue weighted by molar-refractivity contribution is 9.10. The van der Waals surface area contributed by atoms with Crippen molar-refractivity contribution in [2.45, 2.75) is 6.54 Å². The number of nitrogens with zero attached hydrogens (tertiary/aromatic N) is 1. The molecule has 2 aromatic carbocycles. The lowest BCUT2D eigenvalue weighted by Crippen LogP contribution is -2.27. The van der Waals surface area contributed by atoms with Crippen molar-refractivity contribution in [2.24, 2.45) is 0 Å². The highest BCUT2D eigenvalue weighted by Gasteiger charge is 2.11. The molecule has 1 aromatic heterocycles. The van der Waals surface area contributed by atoms with Gasteiger partial charge in [0.25, 0.3) is 5.91 Å². The van der Waals surface area contributed by atoms with Crippen molar-refractivity contribution in [1.29, 1.82) is 0 Å². The van der Waals surface area contributed by atoms with Gasteiger partial charge in [0.2, 0.25) is 5.91 Å². The van der Waals surface area contributed by atoms with E-state index in [9.17, 15) is 9.59 Å². The lowest BCUT2D eigenvalue weighted by atomic mass is 10.2. The average Bonchev–Trinajstić information content (AvgIpc) is 3.16. The number of carbonyl (C=O) groups excluding carboxylic acids is 2. The molecule has 0 saturated heterocycles. The number of anilines is 1. The maximum Gasteiger partial charge on any atom is 0.261 e. The van der Waals surface area contributed by atoms with Gasteiger partial charge in [0.15, 0.2) is 0 Å². The Morgan fingerprint density at radius 3 is 2.52 bits per heavy atom. The van der Waals surface area contributed by atoms with Crippen LogP contribution >= 0.6 is 27.3 Å². The van der Waals surface area contributed by atoms with Gasteiger partial charge in [-0.2, -0.15) is 0 Å². The number of carbonyl (C=O) groups is 2. The Kier molecular flexibility index (Phi) is 7.19. The molecule has 150 valence electrons. The largest absolute Gasteiger partial charge is 0.347 e. The van der Waals surface area contributed by atoms with Crippen LogP contribution in [0.2, 0.25) is 0 Å². The molecule has 0 unspecified atom stereocenters. The van der Waals surface area contributed by atoms with E-state index < -0.39 is 0 Å². The monoisotopic (exact) mass is 471 g/mol. The Balaban J connectivity index is 1.59. The van der Waals surface area contributed by atoms with Gasteiger partial charge in [0, 0.05) is 21.6 Å². The summed E-state index contributed by atoms with van der Waals surface area (Å²) >= 11 is 4.89. The van der Waals surface area contributed by atoms with E-state index in [1.54, 1.807) is 0 Å². The number of nitrogens with one attached hydrogen (secondary N) is 2. The zero-order chi connectivity index (χ0) is 20.8. The molecule has 0 aliphatic carbocycles. The van der Waals surface area contributed by atoms with Crippen LogP contribution in [0.1, 0.15) is 15.2 Å². The van der Waals surface area contributed by atoms with E-state index in [1.165, 1.54) is 11.3 Å². The van der Waals surface area contributed by atoms with Gasteiger partial charge < -0.3 is 15.5 Å². The molecule has 3 aromatic rings. The Bertz CT molecular complexity index is 999. The number of hydrogen-bond acceptors (Lipinski definition) is 4. The third-order valence-corrected chi connectivity index (χ3v) is 5.74. The van der Waals surface area contributed by atoms with Crippen molar-refractivity contribution in [2.75, 3.05) is 26.0 Å². The molecule has 1 heterocycles. The fourth-order valence-electron chi connectivity index (χ4n) is 2.75. The highest BCUT2D eigenvalue weighted by Crippen LogP contribution is 2.29. The van der Waals surface area contributed by atoms with Crippen LogP contribution in [-0.2, 0) is 11.3 Å². The zero-order valence-electron chi connectivity index (χ0n) is 16.2. The van der Waals surface area contributed by atoms with Crippen molar-refractivity contribution in [1.82, 2.24) is 10.2 Å². The number of rotatable bonds is 7. The molecule has 3 rings (SSSR count). The van der Waals surface area contributed by atoms with E-state index in [-0.39, 0.29) is 11.8 Å². The Morgan fingerprint density at radius 2 is 1.79 bits per heavy atom. The van der Waals surface area contributed by atoms with Crippen LogP contribution in [0, 0.1) is 0 Å². The van der Waals surface area contributed by atoms with Gasteiger partial charge in [-0.25, -0.2) is 0 Å². The summed E-state index contributed by atoms with van der Waals surface area (Å²) < 4.78 is 1.02. The molecule has 0 aliphatic heterocycles. The van der Waals surface area contributed by atoms with Gasteiger partial charge in [-0.1, -0.05) is 40.2 Å². The molecule has 0 radical (unpaired) electrons. The van der Waals surface area contributed by atoms with Crippen molar-refractivity contribution in [3.63, 3.8) is 0 Å². The standard InChI is InChI=1S/C22H22BrN3O2S/c1-26(2)14-21(27)25-18-5-3-4-15(12-18)13-24-22(28)20-11-10-19(29-20)16-6-8-17(23)9-7-16/h3-12H,13-14H2,1-2H3,(H,24,28)(H,25,27). The molecule has 7 heteroatoms. The first-order chi connectivity index (χ1) is 13.9. The third kappa shape index (κ3) is 6.25. The molecule has 5 nitrogen and oxygen atoms in total. The molecule has 0 saturated carbocycles. The summed E-state index contributed by atoms with van der Waals surface area (Å²) in [5.41, 5.74) is 2.72. The second-order valence-electron chi connectivity index (χ2n) is 6.84. The van der Waals surface area contributed by atoms with Crippen LogP contribution in [0.5, 0.6) is 0 Å². The van der Waals surface area contributed by atoms with E-state index in [0.717, 1.165) is 26.2 Å². The van der Waals surface area contributed by atoms with Crippen LogP contribution in [0.25, 0.3) is 10.4 Å². The van der Waals surface area contributed by atoms with Crippen LogP contribution in [0.4, 0.5) is 5.69 Å². The predicted octanol–water partition coefficient (Wildman–Crippen LogP) is 4.61. The number of thiophene rings is 1. The van der Waals surface area contributed by atoms with Gasteiger partial charge in [-0.05, 0) is 61.6 Å². The van der Waals surface area contributed by atoms with Crippen LogP contribution in [0.3, 0.4) is 0 Å². The Labute approximate surface area is 182 Å². The zero-order valence-corrected chi connectivity index (χ0v) is 18.6. The second kappa shape index (κ2) is 9.82. The summed E-state index contributed by atoms with van der Waals surface area (Å²) in [6, 6.07) is 19.3. The predicted molar refractivity (Wildman–Crippen MR) is 122 cm³/mol. The molecule has 0 bridgehead atoms. The Morgan fingerprint density at radius 1 is 1.03 bits per heavy atom. The topological polar surface area (TPSA) is 61.4 Å². The van der Waals surface area contributed by atoms with Gasteiger partial charge in [0.1, 0.15) is 0 Å². The van der Waals surface area contributed by atoms with Gasteiger partial charge in [0.05, 0.1) is 11.4 Å². The number of benzene rings is 2. The first kappa shape index (κ1) is 21.2. The van der Waals surface area contributed by atoms with Crippen LogP contribution in [0.15, 0.2) is 65.1 Å². The van der Waals surface area contributed by atoms with E-state index in [0.29, 0.717) is 18.0 Å². The van der Waals surface area contributed by atoms with Gasteiger partial charge in [-0.15, -0.1) is 11.3 Å². The SMILES string of the molecule is CN(C)CC(=O)Nc1cccc(CNC(=O)c2ccc(-c3ccc(Br)cc3)s2)c1. The maximum absolute atomic E-state index is 12.5. The summed E-state index contributed by atoms with van der Waals surface area (Å²) in [5.74, 6) is -0.185. The Hall–Kier alpha value is -2.48. The smallest absolute Gasteiger partial charge is 0.261 e. The minimum atomic E-state index is -0.111. The van der Waals surface area contributed by atoms with Crippen LogP contribution < -0.4 is 10.6 Å². The number of hydrogen-bond donors (Lipinski definition) is 2. The summed E-state index contributed by atoms with van der Waals surface area (Å²) in [5, 5.41) is 5.81. The van der Waals surface area contributed by atoms with Gasteiger partial charge in [-0.3, -0.25) is 9.59 Å². The van der Waals surface area contributed by atoms with Crippen molar-refractivity contribution in [3.05, 3.63) is 75.6 Å². The molecular weight excluding hydrogens is 450 g/mol. The first-order valence-electron chi connectivity index (χ1n) is 9.08. The number of halogens is 1. The lowest BCUT2D eigenvalue weighted by Gasteiger charge is -2.11. The minimum Gasteiger partial charge on any atom is -0.347 e. The van der Waals surface area contributed by atoms with Crippen molar-refractivity contribution >= 4 is 44.8 Å². The van der Waals surface area contributed by atoms with E-state index in [4.69, 9.17) is 0 Å². The lowest BCUT2D eigenvalue weighted by molar-refractivity contribution is -0.116. The third-order valence-electron chi connectivity index (χ3n) is 4.08. The maximum atomic E-state index is 12.5. The van der Waals surface area contributed by atoms with Gasteiger partial charge >= 0.3 is 0 Å². The first-order valence-corrected chi connectivity index (χ1v) is 10.7.